The van der Waals surface area contributed by atoms with Gasteiger partial charge in [-0.15, -0.1) is 0 Å². The summed E-state index contributed by atoms with van der Waals surface area (Å²) in [5.41, 5.74) is 0.511. The number of carboxylic acid groups (broad SMARTS) is 1. The number of pyridine rings is 1. The fraction of sp³-hybridized carbons (Fsp3) is 0.588. The number of aromatic nitrogens is 1. The quantitative estimate of drug-likeness (QED) is 0.921. The Morgan fingerprint density at radius 2 is 2.00 bits per heavy atom. The maximum Gasteiger partial charge on any atom is 0.308 e. The Labute approximate surface area is 135 Å². The number of ether oxygens (including phenoxy) is 1. The van der Waals surface area contributed by atoms with Gasteiger partial charge < -0.3 is 14.7 Å². The molecule has 6 heteroatoms. The second kappa shape index (κ2) is 6.98. The zero-order chi connectivity index (χ0) is 16.2. The van der Waals surface area contributed by atoms with Crippen LogP contribution in [0.3, 0.4) is 0 Å². The number of likely N-dealkylation sites (tertiary alicyclic amines) is 1. The molecular formula is C17H22N2O4. The molecule has 124 valence electrons. The fourth-order valence-electron chi connectivity index (χ4n) is 3.29. The minimum absolute atomic E-state index is 0.148. The van der Waals surface area contributed by atoms with Gasteiger partial charge in [0.2, 0.25) is 5.88 Å². The summed E-state index contributed by atoms with van der Waals surface area (Å²) in [4.78, 5) is 29.3. The average molecular weight is 318 g/mol. The lowest BCUT2D eigenvalue weighted by Crippen LogP contribution is -2.30. The summed E-state index contributed by atoms with van der Waals surface area (Å²) in [6.45, 7) is 0.756. The van der Waals surface area contributed by atoms with Gasteiger partial charge in [0.05, 0.1) is 5.92 Å². The largest absolute Gasteiger partial charge is 0.481 e. The van der Waals surface area contributed by atoms with E-state index in [2.05, 4.69) is 4.98 Å². The number of hydrogen-bond acceptors (Lipinski definition) is 4. The van der Waals surface area contributed by atoms with Gasteiger partial charge in [0.15, 0.2) is 0 Å². The van der Waals surface area contributed by atoms with Crippen molar-refractivity contribution in [1.29, 1.82) is 0 Å². The van der Waals surface area contributed by atoms with Crippen molar-refractivity contribution in [1.82, 2.24) is 9.88 Å². The summed E-state index contributed by atoms with van der Waals surface area (Å²) in [5, 5.41) is 9.04. The number of amides is 1. The maximum absolute atomic E-state index is 12.5. The molecular weight excluding hydrogens is 296 g/mol. The Hall–Kier alpha value is -2.11. The van der Waals surface area contributed by atoms with Gasteiger partial charge in [-0.1, -0.05) is 6.42 Å². The predicted octanol–water partition coefficient (Wildman–Crippen LogP) is 2.34. The van der Waals surface area contributed by atoms with Gasteiger partial charge in [0.25, 0.3) is 5.91 Å². The minimum Gasteiger partial charge on any atom is -0.481 e. The molecule has 3 rings (SSSR count). The van der Waals surface area contributed by atoms with Crippen LogP contribution in [0.1, 0.15) is 48.9 Å². The predicted molar refractivity (Wildman–Crippen MR) is 83.4 cm³/mol. The first-order chi connectivity index (χ1) is 11.1. The molecule has 1 saturated heterocycles. The van der Waals surface area contributed by atoms with Crippen LogP contribution in [-0.2, 0) is 4.79 Å². The second-order valence-corrected chi connectivity index (χ2v) is 6.34. The molecule has 1 aliphatic carbocycles. The third kappa shape index (κ3) is 3.81. The average Bonchev–Trinajstić information content (AvgIpc) is 3.06. The highest BCUT2D eigenvalue weighted by Gasteiger charge is 2.31. The van der Waals surface area contributed by atoms with Gasteiger partial charge in [-0.25, -0.2) is 4.98 Å². The van der Waals surface area contributed by atoms with Crippen LogP contribution in [-0.4, -0.2) is 46.1 Å². The number of carbonyl (C=O) groups is 2. The number of aliphatic carboxylic acids is 1. The molecule has 2 heterocycles. The van der Waals surface area contributed by atoms with Crippen LogP contribution in [0.5, 0.6) is 5.88 Å². The monoisotopic (exact) mass is 318 g/mol. The lowest BCUT2D eigenvalue weighted by molar-refractivity contribution is -0.141. The van der Waals surface area contributed by atoms with Crippen molar-refractivity contribution in [3.8, 4) is 5.88 Å². The molecule has 0 bridgehead atoms. The Kier molecular flexibility index (Phi) is 4.79. The third-order valence-corrected chi connectivity index (χ3v) is 4.65. The van der Waals surface area contributed by atoms with Crippen molar-refractivity contribution in [3.63, 3.8) is 0 Å². The van der Waals surface area contributed by atoms with Crippen molar-refractivity contribution < 1.29 is 19.4 Å². The van der Waals surface area contributed by atoms with E-state index in [1.165, 1.54) is 19.3 Å². The first kappa shape index (κ1) is 15.8. The van der Waals surface area contributed by atoms with Gasteiger partial charge in [-0.3, -0.25) is 9.59 Å². The highest BCUT2D eigenvalue weighted by molar-refractivity contribution is 5.95. The normalized spacial score (nSPS) is 22.1. The summed E-state index contributed by atoms with van der Waals surface area (Å²) in [7, 11) is 0. The van der Waals surface area contributed by atoms with Crippen LogP contribution < -0.4 is 4.74 Å². The van der Waals surface area contributed by atoms with E-state index in [-0.39, 0.29) is 18.6 Å². The van der Waals surface area contributed by atoms with Crippen molar-refractivity contribution in [2.75, 3.05) is 13.1 Å². The number of carbonyl (C=O) groups excluding carboxylic acids is 1. The summed E-state index contributed by atoms with van der Waals surface area (Å²) in [6, 6.07) is 3.33. The van der Waals surface area contributed by atoms with Gasteiger partial charge in [-0.05, 0) is 38.2 Å². The molecule has 1 unspecified atom stereocenters. The molecule has 2 aliphatic rings. The molecule has 1 aliphatic heterocycles. The van der Waals surface area contributed by atoms with Crippen LogP contribution in [0, 0.1) is 5.92 Å². The highest BCUT2D eigenvalue weighted by Crippen LogP contribution is 2.24. The molecule has 2 fully saturated rings. The second-order valence-electron chi connectivity index (χ2n) is 6.34. The lowest BCUT2D eigenvalue weighted by atomic mass is 9.98. The van der Waals surface area contributed by atoms with Crippen molar-refractivity contribution >= 4 is 11.9 Å². The van der Waals surface area contributed by atoms with Crippen molar-refractivity contribution in [3.05, 3.63) is 23.9 Å². The summed E-state index contributed by atoms with van der Waals surface area (Å²) in [5.74, 6) is -0.962. The highest BCUT2D eigenvalue weighted by atomic mass is 16.5. The van der Waals surface area contributed by atoms with Crippen molar-refractivity contribution in [2.45, 2.75) is 44.6 Å². The molecule has 1 aromatic rings. The first-order valence-electron chi connectivity index (χ1n) is 8.28. The topological polar surface area (TPSA) is 79.7 Å². The Morgan fingerprint density at radius 3 is 2.70 bits per heavy atom. The molecule has 1 saturated carbocycles. The minimum atomic E-state index is -0.837. The van der Waals surface area contributed by atoms with Gasteiger partial charge >= 0.3 is 5.97 Å². The summed E-state index contributed by atoms with van der Waals surface area (Å²) in [6.07, 6.45) is 7.95. The van der Waals surface area contributed by atoms with E-state index in [9.17, 15) is 9.59 Å². The van der Waals surface area contributed by atoms with Gasteiger partial charge in [-0.2, -0.15) is 0 Å². The van der Waals surface area contributed by atoms with E-state index in [1.54, 1.807) is 23.2 Å². The standard InChI is InChI=1S/C17H22N2O4/c20-16(19-9-7-13(11-19)17(21)22)12-6-8-18-15(10-12)23-14-4-2-1-3-5-14/h6,8,10,13-14H,1-5,7,9,11H2,(H,21,22). The molecule has 23 heavy (non-hydrogen) atoms. The fourth-order valence-corrected chi connectivity index (χ4v) is 3.29. The van der Waals surface area contributed by atoms with Crippen LogP contribution >= 0.6 is 0 Å². The van der Waals surface area contributed by atoms with E-state index >= 15 is 0 Å². The molecule has 1 N–H and O–H groups in total. The van der Waals surface area contributed by atoms with Crippen molar-refractivity contribution in [2.24, 2.45) is 5.92 Å². The SMILES string of the molecule is O=C(O)C1CCN(C(=O)c2ccnc(OC3CCCCC3)c2)C1. The molecule has 1 amide bonds. The molecule has 0 spiro atoms. The number of nitrogens with zero attached hydrogens (tertiary/aromatic N) is 2. The Morgan fingerprint density at radius 1 is 1.22 bits per heavy atom. The first-order valence-corrected chi connectivity index (χ1v) is 8.28. The Bertz CT molecular complexity index is 584. The lowest BCUT2D eigenvalue weighted by Gasteiger charge is -2.22. The van der Waals surface area contributed by atoms with E-state index in [0.29, 0.717) is 24.4 Å². The van der Waals surface area contributed by atoms with Crippen LogP contribution in [0.25, 0.3) is 0 Å². The number of carboxylic acids is 1. The van der Waals surface area contributed by atoms with Gasteiger partial charge in [0, 0.05) is 30.9 Å². The molecule has 6 nitrogen and oxygen atoms in total. The van der Waals surface area contributed by atoms with Gasteiger partial charge in [0.1, 0.15) is 6.10 Å². The van der Waals surface area contributed by atoms with Crippen LogP contribution in [0.2, 0.25) is 0 Å². The summed E-state index contributed by atoms with van der Waals surface area (Å²) >= 11 is 0. The zero-order valence-corrected chi connectivity index (χ0v) is 13.1. The molecule has 1 aromatic heterocycles. The van der Waals surface area contributed by atoms with E-state index in [1.807, 2.05) is 0 Å². The van der Waals surface area contributed by atoms with Crippen LogP contribution in [0.15, 0.2) is 18.3 Å². The van der Waals surface area contributed by atoms with E-state index < -0.39 is 11.9 Å². The zero-order valence-electron chi connectivity index (χ0n) is 13.1. The summed E-state index contributed by atoms with van der Waals surface area (Å²) < 4.78 is 5.89. The third-order valence-electron chi connectivity index (χ3n) is 4.65. The molecule has 0 aromatic carbocycles. The molecule has 1 atom stereocenters. The number of rotatable bonds is 4. The van der Waals surface area contributed by atoms with Crippen LogP contribution in [0.4, 0.5) is 0 Å². The van der Waals surface area contributed by atoms with E-state index in [0.717, 1.165) is 12.8 Å². The maximum atomic E-state index is 12.5. The Balaban J connectivity index is 1.64. The smallest absolute Gasteiger partial charge is 0.308 e. The number of hydrogen-bond donors (Lipinski definition) is 1. The van der Waals surface area contributed by atoms with E-state index in [4.69, 9.17) is 9.84 Å². The molecule has 0 radical (unpaired) electrons.